The first-order valence-electron chi connectivity index (χ1n) is 8.45. The zero-order valence-corrected chi connectivity index (χ0v) is 17.7. The summed E-state index contributed by atoms with van der Waals surface area (Å²) >= 11 is 15.2. The second-order valence-corrected chi connectivity index (χ2v) is 7.84. The number of carbonyl (C=O) groups is 2. The lowest BCUT2D eigenvalue weighted by Crippen LogP contribution is -2.51. The zero-order chi connectivity index (χ0) is 20.3. The van der Waals surface area contributed by atoms with Gasteiger partial charge in [0.15, 0.2) is 18.2 Å². The molecule has 0 aromatic heterocycles. The summed E-state index contributed by atoms with van der Waals surface area (Å²) in [4.78, 5) is 28.2. The standard InChI is InChI=1S/C19H16BrCl2FN2O3/c20-12-4-5-16(15(23)10-12)28-11-17(26)24-6-8-25(9-7-24)19(27)13-2-1-3-14(21)18(13)22/h1-5,10H,6-9,11H2. The van der Waals surface area contributed by atoms with Crippen LogP contribution in [0.25, 0.3) is 0 Å². The Bertz CT molecular complexity index is 905. The summed E-state index contributed by atoms with van der Waals surface area (Å²) in [5, 5.41) is 0.538. The molecular weight excluding hydrogens is 474 g/mol. The van der Waals surface area contributed by atoms with E-state index in [4.69, 9.17) is 27.9 Å². The number of hydrogen-bond donors (Lipinski definition) is 0. The number of rotatable bonds is 4. The molecule has 0 unspecified atom stereocenters. The van der Waals surface area contributed by atoms with Gasteiger partial charge in [-0.1, -0.05) is 45.2 Å². The van der Waals surface area contributed by atoms with E-state index in [0.29, 0.717) is 41.2 Å². The molecule has 0 saturated carbocycles. The monoisotopic (exact) mass is 488 g/mol. The van der Waals surface area contributed by atoms with Gasteiger partial charge in [0.1, 0.15) is 0 Å². The lowest BCUT2D eigenvalue weighted by Gasteiger charge is -2.35. The average molecular weight is 490 g/mol. The van der Waals surface area contributed by atoms with Crippen LogP contribution in [0, 0.1) is 5.82 Å². The van der Waals surface area contributed by atoms with Gasteiger partial charge in [0.05, 0.1) is 15.6 Å². The minimum Gasteiger partial charge on any atom is -0.481 e. The molecule has 0 radical (unpaired) electrons. The summed E-state index contributed by atoms with van der Waals surface area (Å²) in [6.07, 6.45) is 0. The van der Waals surface area contributed by atoms with Crippen LogP contribution in [0.3, 0.4) is 0 Å². The highest BCUT2D eigenvalue weighted by Gasteiger charge is 2.26. The molecule has 5 nitrogen and oxygen atoms in total. The van der Waals surface area contributed by atoms with Crippen molar-refractivity contribution in [2.45, 2.75) is 0 Å². The third kappa shape index (κ3) is 4.77. The van der Waals surface area contributed by atoms with E-state index in [1.807, 2.05) is 0 Å². The van der Waals surface area contributed by atoms with E-state index in [2.05, 4.69) is 15.9 Å². The molecule has 1 aliphatic rings. The predicted octanol–water partition coefficient (Wildman–Crippen LogP) is 4.26. The van der Waals surface area contributed by atoms with Crippen molar-refractivity contribution in [3.8, 4) is 5.75 Å². The van der Waals surface area contributed by atoms with Gasteiger partial charge < -0.3 is 14.5 Å². The number of nitrogens with zero attached hydrogens (tertiary/aromatic N) is 2. The molecule has 2 amide bonds. The molecule has 2 aromatic rings. The highest BCUT2D eigenvalue weighted by Crippen LogP contribution is 2.27. The van der Waals surface area contributed by atoms with Crippen LogP contribution < -0.4 is 4.74 Å². The molecule has 1 fully saturated rings. The van der Waals surface area contributed by atoms with Gasteiger partial charge in [-0.25, -0.2) is 4.39 Å². The van der Waals surface area contributed by atoms with E-state index in [-0.39, 0.29) is 29.2 Å². The van der Waals surface area contributed by atoms with Crippen molar-refractivity contribution in [3.05, 3.63) is 62.3 Å². The molecule has 1 heterocycles. The fourth-order valence-corrected chi connectivity index (χ4v) is 3.54. The number of halogens is 4. The van der Waals surface area contributed by atoms with Crippen molar-refractivity contribution < 1.29 is 18.7 Å². The van der Waals surface area contributed by atoms with Gasteiger partial charge in [0.2, 0.25) is 0 Å². The molecule has 3 rings (SSSR count). The molecule has 148 valence electrons. The van der Waals surface area contributed by atoms with E-state index in [1.54, 1.807) is 34.1 Å². The molecule has 1 saturated heterocycles. The maximum Gasteiger partial charge on any atom is 0.260 e. The van der Waals surface area contributed by atoms with Gasteiger partial charge in [0.25, 0.3) is 11.8 Å². The van der Waals surface area contributed by atoms with Gasteiger partial charge in [-0.2, -0.15) is 0 Å². The molecule has 0 atom stereocenters. The Kier molecular flexibility index (Phi) is 6.80. The highest BCUT2D eigenvalue weighted by atomic mass is 79.9. The Labute approximate surface area is 180 Å². The quantitative estimate of drug-likeness (QED) is 0.644. The van der Waals surface area contributed by atoms with Crippen LogP contribution in [0.2, 0.25) is 10.0 Å². The highest BCUT2D eigenvalue weighted by molar-refractivity contribution is 9.10. The first-order chi connectivity index (χ1) is 13.4. The molecule has 9 heteroatoms. The Balaban J connectivity index is 1.54. The fraction of sp³-hybridized carbons (Fsp3) is 0.263. The average Bonchev–Trinajstić information content (AvgIpc) is 2.69. The smallest absolute Gasteiger partial charge is 0.260 e. The largest absolute Gasteiger partial charge is 0.481 e. The van der Waals surface area contributed by atoms with Gasteiger partial charge in [-0.3, -0.25) is 9.59 Å². The Hall–Kier alpha value is -1.83. The number of benzene rings is 2. The van der Waals surface area contributed by atoms with E-state index in [1.165, 1.54) is 12.1 Å². The van der Waals surface area contributed by atoms with Gasteiger partial charge >= 0.3 is 0 Å². The third-order valence-corrected chi connectivity index (χ3v) is 5.66. The van der Waals surface area contributed by atoms with Crippen LogP contribution in [-0.4, -0.2) is 54.4 Å². The lowest BCUT2D eigenvalue weighted by atomic mass is 10.1. The van der Waals surface area contributed by atoms with Crippen molar-refractivity contribution in [1.82, 2.24) is 9.80 Å². The van der Waals surface area contributed by atoms with E-state index in [9.17, 15) is 14.0 Å². The molecule has 1 aliphatic heterocycles. The molecule has 28 heavy (non-hydrogen) atoms. The van der Waals surface area contributed by atoms with Crippen molar-refractivity contribution in [2.24, 2.45) is 0 Å². The van der Waals surface area contributed by atoms with Crippen LogP contribution in [0.4, 0.5) is 4.39 Å². The lowest BCUT2D eigenvalue weighted by molar-refractivity contribution is -0.134. The second kappa shape index (κ2) is 9.11. The number of amides is 2. The zero-order valence-electron chi connectivity index (χ0n) is 14.6. The maximum absolute atomic E-state index is 13.8. The number of ether oxygens (including phenoxy) is 1. The predicted molar refractivity (Wildman–Crippen MR) is 109 cm³/mol. The molecule has 0 N–H and O–H groups in total. The van der Waals surface area contributed by atoms with Crippen LogP contribution in [0.5, 0.6) is 5.75 Å². The summed E-state index contributed by atoms with van der Waals surface area (Å²) in [7, 11) is 0. The van der Waals surface area contributed by atoms with Gasteiger partial charge in [0, 0.05) is 30.7 Å². The van der Waals surface area contributed by atoms with E-state index >= 15 is 0 Å². The van der Waals surface area contributed by atoms with E-state index < -0.39 is 5.82 Å². The summed E-state index contributed by atoms with van der Waals surface area (Å²) in [5.41, 5.74) is 0.336. The normalized spacial score (nSPS) is 14.1. The van der Waals surface area contributed by atoms with Gasteiger partial charge in [-0.05, 0) is 30.3 Å². The van der Waals surface area contributed by atoms with Crippen molar-refractivity contribution in [1.29, 1.82) is 0 Å². The minimum atomic E-state index is -0.545. The fourth-order valence-electron chi connectivity index (χ4n) is 2.82. The minimum absolute atomic E-state index is 0.0148. The summed E-state index contributed by atoms with van der Waals surface area (Å²) < 4.78 is 19.6. The Morgan fingerprint density at radius 1 is 1.07 bits per heavy atom. The maximum atomic E-state index is 13.8. The Morgan fingerprint density at radius 3 is 2.43 bits per heavy atom. The first kappa shape index (κ1) is 20.9. The van der Waals surface area contributed by atoms with Crippen LogP contribution >= 0.6 is 39.1 Å². The van der Waals surface area contributed by atoms with Gasteiger partial charge in [-0.15, -0.1) is 0 Å². The summed E-state index contributed by atoms with van der Waals surface area (Å²) in [6.45, 7) is 1.16. The van der Waals surface area contributed by atoms with Crippen LogP contribution in [0.1, 0.15) is 10.4 Å². The molecule has 0 spiro atoms. The molecular formula is C19H16BrCl2FN2O3. The van der Waals surface area contributed by atoms with Crippen LogP contribution in [0.15, 0.2) is 40.9 Å². The second-order valence-electron chi connectivity index (χ2n) is 6.14. The third-order valence-electron chi connectivity index (χ3n) is 4.35. The summed E-state index contributed by atoms with van der Waals surface area (Å²) in [5.74, 6) is -1.03. The van der Waals surface area contributed by atoms with Crippen molar-refractivity contribution >= 4 is 50.9 Å². The first-order valence-corrected chi connectivity index (χ1v) is 10.0. The molecule has 0 aliphatic carbocycles. The SMILES string of the molecule is O=C(COc1ccc(Br)cc1F)N1CCN(C(=O)c2cccc(Cl)c2Cl)CC1. The van der Waals surface area contributed by atoms with Crippen LogP contribution in [-0.2, 0) is 4.79 Å². The van der Waals surface area contributed by atoms with Crippen molar-refractivity contribution in [3.63, 3.8) is 0 Å². The number of piperazine rings is 1. The topological polar surface area (TPSA) is 49.9 Å². The Morgan fingerprint density at radius 2 is 1.75 bits per heavy atom. The van der Waals surface area contributed by atoms with Crippen molar-refractivity contribution in [2.75, 3.05) is 32.8 Å². The molecule has 2 aromatic carbocycles. The number of hydrogen-bond acceptors (Lipinski definition) is 3. The summed E-state index contributed by atoms with van der Waals surface area (Å²) in [6, 6.07) is 9.26. The van der Waals surface area contributed by atoms with E-state index in [0.717, 1.165) is 0 Å². The molecule has 0 bridgehead atoms. The number of carbonyl (C=O) groups excluding carboxylic acids is 2.